The van der Waals surface area contributed by atoms with Gasteiger partial charge in [-0.1, -0.05) is 36.4 Å². The maximum Gasteiger partial charge on any atom is 0.0559 e. The van der Waals surface area contributed by atoms with E-state index in [-0.39, 0.29) is 0 Å². The van der Waals surface area contributed by atoms with Crippen LogP contribution in [0.4, 0.5) is 0 Å². The molecule has 0 amide bonds. The lowest BCUT2D eigenvalue weighted by Crippen LogP contribution is -1.90. The third kappa shape index (κ3) is 1.67. The van der Waals surface area contributed by atoms with Gasteiger partial charge in [0.15, 0.2) is 0 Å². The molecule has 5 aromatic rings. The molecule has 0 aliphatic rings. The summed E-state index contributed by atoms with van der Waals surface area (Å²) in [5.74, 6) is 0. The Kier molecular flexibility index (Phi) is 2.49. The second-order valence-electron chi connectivity index (χ2n) is 6.44. The van der Waals surface area contributed by atoms with Gasteiger partial charge in [0, 0.05) is 38.5 Å². The average molecular weight is 315 g/mol. The summed E-state index contributed by atoms with van der Waals surface area (Å²) in [6, 6.07) is 18.2. The molecule has 0 saturated heterocycles. The van der Waals surface area contributed by atoms with Crippen LogP contribution in [0.5, 0.6) is 0 Å². The van der Waals surface area contributed by atoms with Crippen LogP contribution >= 0.6 is 11.3 Å². The molecule has 0 radical (unpaired) electrons. The van der Waals surface area contributed by atoms with Crippen molar-refractivity contribution in [2.75, 3.05) is 0 Å². The van der Waals surface area contributed by atoms with Gasteiger partial charge in [-0.15, -0.1) is 11.3 Å². The fraction of sp³-hybridized carbons (Fsp3) is 0.143. The van der Waals surface area contributed by atoms with Crippen LogP contribution in [0.25, 0.3) is 42.5 Å². The maximum atomic E-state index is 2.30. The molecule has 5 rings (SSSR count). The minimum absolute atomic E-state index is 1.30. The highest BCUT2D eigenvalue weighted by molar-refractivity contribution is 7.20. The monoisotopic (exact) mass is 315 g/mol. The molecule has 0 saturated carbocycles. The number of thiophene rings is 1. The highest BCUT2D eigenvalue weighted by Crippen LogP contribution is 2.37. The van der Waals surface area contributed by atoms with Gasteiger partial charge in [0.2, 0.25) is 0 Å². The first-order valence-corrected chi connectivity index (χ1v) is 8.76. The number of nitrogens with zero attached hydrogens (tertiary/aromatic N) is 1. The first kappa shape index (κ1) is 13.1. The topological polar surface area (TPSA) is 4.93 Å². The van der Waals surface area contributed by atoms with Gasteiger partial charge in [-0.25, -0.2) is 0 Å². The number of hydrogen-bond acceptors (Lipinski definition) is 1. The van der Waals surface area contributed by atoms with E-state index in [1.165, 1.54) is 53.1 Å². The van der Waals surface area contributed by atoms with Gasteiger partial charge >= 0.3 is 0 Å². The summed E-state index contributed by atoms with van der Waals surface area (Å²) in [7, 11) is 2.16. The molecule has 0 unspecified atom stereocenters. The Morgan fingerprint density at radius 2 is 1.39 bits per heavy atom. The lowest BCUT2D eigenvalue weighted by molar-refractivity contribution is 0.921. The van der Waals surface area contributed by atoms with Gasteiger partial charge < -0.3 is 4.57 Å². The number of hydrogen-bond donors (Lipinski definition) is 0. The SMILES string of the molecule is Cc1cc2ccc3c4ccc5cc(C)n(C)c5c4ccc3c2s1. The molecular weight excluding hydrogens is 298 g/mol. The minimum atomic E-state index is 1.30. The Labute approximate surface area is 138 Å². The number of rotatable bonds is 0. The molecule has 3 aromatic carbocycles. The number of fused-ring (bicyclic) bond motifs is 7. The fourth-order valence-electron chi connectivity index (χ4n) is 3.84. The summed E-state index contributed by atoms with van der Waals surface area (Å²) in [6.45, 7) is 4.36. The highest BCUT2D eigenvalue weighted by Gasteiger charge is 2.11. The van der Waals surface area contributed by atoms with Gasteiger partial charge in [-0.2, -0.15) is 0 Å². The third-order valence-corrected chi connectivity index (χ3v) is 6.13. The molecule has 2 heteroatoms. The zero-order valence-electron chi connectivity index (χ0n) is 13.5. The van der Waals surface area contributed by atoms with Crippen molar-refractivity contribution in [2.24, 2.45) is 7.05 Å². The number of benzene rings is 3. The second kappa shape index (κ2) is 4.36. The van der Waals surface area contributed by atoms with Crippen LogP contribution in [-0.4, -0.2) is 4.57 Å². The summed E-state index contributed by atoms with van der Waals surface area (Å²) in [5.41, 5.74) is 2.64. The van der Waals surface area contributed by atoms with Gasteiger partial charge in [0.05, 0.1) is 5.52 Å². The molecule has 2 heterocycles. The number of aryl methyl sites for hydroxylation is 3. The van der Waals surface area contributed by atoms with E-state index in [1.54, 1.807) is 0 Å². The lowest BCUT2D eigenvalue weighted by atomic mass is 9.99. The minimum Gasteiger partial charge on any atom is -0.347 e. The Morgan fingerprint density at radius 1 is 0.739 bits per heavy atom. The van der Waals surface area contributed by atoms with E-state index in [0.29, 0.717) is 0 Å². The van der Waals surface area contributed by atoms with Gasteiger partial charge in [0.1, 0.15) is 0 Å². The molecule has 1 nitrogen and oxygen atoms in total. The molecular formula is C21H17NS. The van der Waals surface area contributed by atoms with Crippen molar-refractivity contribution in [3.05, 3.63) is 59.1 Å². The van der Waals surface area contributed by atoms with Crippen LogP contribution < -0.4 is 0 Å². The van der Waals surface area contributed by atoms with Crippen LogP contribution in [0.2, 0.25) is 0 Å². The van der Waals surface area contributed by atoms with Crippen LogP contribution in [0.3, 0.4) is 0 Å². The lowest BCUT2D eigenvalue weighted by Gasteiger charge is -2.08. The van der Waals surface area contributed by atoms with Crippen molar-refractivity contribution in [3.63, 3.8) is 0 Å². The summed E-state index contributed by atoms with van der Waals surface area (Å²) < 4.78 is 3.71. The van der Waals surface area contributed by atoms with Crippen LogP contribution in [0.1, 0.15) is 10.6 Å². The Balaban J connectivity index is 2.03. The predicted molar refractivity (Wildman–Crippen MR) is 103 cm³/mol. The van der Waals surface area contributed by atoms with E-state index >= 15 is 0 Å². The Bertz CT molecular complexity index is 1240. The van der Waals surface area contributed by atoms with Crippen LogP contribution in [0, 0.1) is 13.8 Å². The molecule has 2 aromatic heterocycles. The van der Waals surface area contributed by atoms with E-state index in [0.717, 1.165) is 0 Å². The molecule has 23 heavy (non-hydrogen) atoms. The smallest absolute Gasteiger partial charge is 0.0559 e. The van der Waals surface area contributed by atoms with Gasteiger partial charge in [0.25, 0.3) is 0 Å². The molecule has 0 aliphatic carbocycles. The molecule has 0 spiro atoms. The standard InChI is InChI=1S/C21H17NS/c1-12-10-14-4-6-16-17-7-5-15-11-13(2)23-21(15)19(17)9-8-18(16)20(14)22(12)3/h4-11H,1-3H3. The average Bonchev–Trinajstić information content (AvgIpc) is 3.06. The van der Waals surface area contributed by atoms with Crippen molar-refractivity contribution in [1.29, 1.82) is 0 Å². The Morgan fingerprint density at radius 3 is 2.22 bits per heavy atom. The zero-order valence-corrected chi connectivity index (χ0v) is 14.3. The van der Waals surface area contributed by atoms with Crippen LogP contribution in [0.15, 0.2) is 48.5 Å². The van der Waals surface area contributed by atoms with E-state index in [4.69, 9.17) is 0 Å². The second-order valence-corrected chi connectivity index (χ2v) is 7.70. The van der Waals surface area contributed by atoms with E-state index < -0.39 is 0 Å². The van der Waals surface area contributed by atoms with Crippen LogP contribution in [-0.2, 0) is 7.05 Å². The molecule has 0 N–H and O–H groups in total. The quantitative estimate of drug-likeness (QED) is 0.295. The van der Waals surface area contributed by atoms with Crippen molar-refractivity contribution >= 4 is 53.9 Å². The van der Waals surface area contributed by atoms with E-state index in [2.05, 4.69) is 74.0 Å². The van der Waals surface area contributed by atoms with Crippen molar-refractivity contribution in [3.8, 4) is 0 Å². The fourth-order valence-corrected chi connectivity index (χ4v) is 4.88. The van der Waals surface area contributed by atoms with Crippen molar-refractivity contribution < 1.29 is 0 Å². The highest BCUT2D eigenvalue weighted by atomic mass is 32.1. The largest absolute Gasteiger partial charge is 0.347 e. The first-order valence-electron chi connectivity index (χ1n) is 7.94. The summed E-state index contributed by atoms with van der Waals surface area (Å²) >= 11 is 1.90. The van der Waals surface area contributed by atoms with E-state index in [9.17, 15) is 0 Å². The molecule has 112 valence electrons. The van der Waals surface area contributed by atoms with E-state index in [1.807, 2.05) is 11.3 Å². The number of aromatic nitrogens is 1. The summed E-state index contributed by atoms with van der Waals surface area (Å²) in [5, 5.41) is 8.11. The molecule has 0 aliphatic heterocycles. The molecule has 0 atom stereocenters. The van der Waals surface area contributed by atoms with Crippen molar-refractivity contribution in [1.82, 2.24) is 4.57 Å². The third-order valence-electron chi connectivity index (χ3n) is 5.03. The van der Waals surface area contributed by atoms with Gasteiger partial charge in [-0.3, -0.25) is 0 Å². The maximum absolute atomic E-state index is 2.30. The Hall–Kier alpha value is -2.32. The zero-order chi connectivity index (χ0) is 15.7. The van der Waals surface area contributed by atoms with Crippen molar-refractivity contribution in [2.45, 2.75) is 13.8 Å². The predicted octanol–water partition coefficient (Wildman–Crippen LogP) is 6.32. The molecule has 0 fully saturated rings. The van der Waals surface area contributed by atoms with Gasteiger partial charge in [-0.05, 0) is 42.1 Å². The normalized spacial score (nSPS) is 12.1. The summed E-state index contributed by atoms with van der Waals surface area (Å²) in [4.78, 5) is 1.38. The summed E-state index contributed by atoms with van der Waals surface area (Å²) in [6.07, 6.45) is 0. The first-order chi connectivity index (χ1) is 11.1. The molecule has 0 bridgehead atoms.